The molecule has 0 saturated heterocycles. The molecule has 1 aromatic carbocycles. The van der Waals surface area contributed by atoms with E-state index < -0.39 is 12.1 Å². The van der Waals surface area contributed by atoms with Gasteiger partial charge in [0.25, 0.3) is 0 Å². The molecule has 1 heterocycles. The maximum Gasteiger partial charge on any atom is 0.244 e. The fraction of sp³-hybridized carbons (Fsp3) is 0.318. The summed E-state index contributed by atoms with van der Waals surface area (Å²) in [5.41, 5.74) is 1.86. The number of amides is 2. The van der Waals surface area contributed by atoms with Crippen LogP contribution in [0.1, 0.15) is 30.4 Å². The van der Waals surface area contributed by atoms with Crippen molar-refractivity contribution in [3.63, 3.8) is 0 Å². The number of hydrogen-bond donors (Lipinski definition) is 3. The summed E-state index contributed by atoms with van der Waals surface area (Å²) in [5.74, 6) is -0.567. The van der Waals surface area contributed by atoms with Gasteiger partial charge in [-0.15, -0.1) is 0 Å². The Balaban J connectivity index is 1.51. The van der Waals surface area contributed by atoms with E-state index in [0.717, 1.165) is 11.1 Å². The van der Waals surface area contributed by atoms with Crippen LogP contribution >= 0.6 is 0 Å². The fourth-order valence-electron chi connectivity index (χ4n) is 3.35. The topological polar surface area (TPSA) is 91.3 Å². The molecule has 3 rings (SSSR count). The van der Waals surface area contributed by atoms with Gasteiger partial charge in [-0.2, -0.15) is 0 Å². The standard InChI is InChI=1S/C22H25N3O3/c26-20-10-9-18(22(28)24-15-17-7-4-12-23-14-17)13-19(20)25-21(27)11-8-16-5-2-1-3-6-16/h1-8,11-12,14,18-20,26H,9-10,13,15H2,(H,24,28)(H,25,27)/b11-8+/t18-,19+,20+/m1/s1. The largest absolute Gasteiger partial charge is 0.391 e. The van der Waals surface area contributed by atoms with Gasteiger partial charge in [0.05, 0.1) is 12.1 Å². The highest BCUT2D eigenvalue weighted by Gasteiger charge is 2.33. The van der Waals surface area contributed by atoms with Gasteiger partial charge >= 0.3 is 0 Å². The van der Waals surface area contributed by atoms with Gasteiger partial charge in [-0.05, 0) is 42.5 Å². The smallest absolute Gasteiger partial charge is 0.244 e. The third-order valence-corrected chi connectivity index (χ3v) is 4.93. The Morgan fingerprint density at radius 2 is 1.96 bits per heavy atom. The first kappa shape index (κ1) is 19.8. The second kappa shape index (κ2) is 9.80. The van der Waals surface area contributed by atoms with E-state index in [1.165, 1.54) is 6.08 Å². The summed E-state index contributed by atoms with van der Waals surface area (Å²) in [7, 11) is 0. The lowest BCUT2D eigenvalue weighted by molar-refractivity contribution is -0.128. The predicted octanol–water partition coefficient (Wildman–Crippen LogP) is 2.06. The minimum Gasteiger partial charge on any atom is -0.391 e. The number of aromatic nitrogens is 1. The van der Waals surface area contributed by atoms with Gasteiger partial charge in [0.15, 0.2) is 0 Å². The Labute approximate surface area is 164 Å². The molecule has 28 heavy (non-hydrogen) atoms. The van der Waals surface area contributed by atoms with Crippen LogP contribution in [0.3, 0.4) is 0 Å². The molecule has 0 aliphatic heterocycles. The Bertz CT molecular complexity index is 808. The first-order valence-electron chi connectivity index (χ1n) is 9.50. The van der Waals surface area contributed by atoms with Gasteiger partial charge in [-0.25, -0.2) is 0 Å². The molecule has 0 radical (unpaired) electrons. The number of rotatable bonds is 6. The quantitative estimate of drug-likeness (QED) is 0.670. The van der Waals surface area contributed by atoms with E-state index in [1.54, 1.807) is 18.5 Å². The van der Waals surface area contributed by atoms with Crippen LogP contribution in [-0.4, -0.2) is 34.1 Å². The molecular weight excluding hydrogens is 354 g/mol. The molecule has 1 aliphatic rings. The van der Waals surface area contributed by atoms with Crippen LogP contribution in [0.4, 0.5) is 0 Å². The third-order valence-electron chi connectivity index (χ3n) is 4.93. The van der Waals surface area contributed by atoms with Crippen LogP contribution in [0, 0.1) is 5.92 Å². The molecule has 6 heteroatoms. The summed E-state index contributed by atoms with van der Waals surface area (Å²) >= 11 is 0. The number of benzene rings is 1. The van der Waals surface area contributed by atoms with Crippen molar-refractivity contribution in [3.05, 3.63) is 72.1 Å². The van der Waals surface area contributed by atoms with Crippen molar-refractivity contribution in [2.75, 3.05) is 0 Å². The van der Waals surface area contributed by atoms with Crippen molar-refractivity contribution in [3.8, 4) is 0 Å². The summed E-state index contributed by atoms with van der Waals surface area (Å²) < 4.78 is 0. The Morgan fingerprint density at radius 3 is 2.71 bits per heavy atom. The number of aliphatic hydroxyl groups excluding tert-OH is 1. The van der Waals surface area contributed by atoms with Crippen molar-refractivity contribution in [2.24, 2.45) is 5.92 Å². The van der Waals surface area contributed by atoms with E-state index in [-0.39, 0.29) is 17.7 Å². The van der Waals surface area contributed by atoms with E-state index in [0.29, 0.717) is 25.8 Å². The number of pyridine rings is 1. The molecule has 2 amide bonds. The molecular formula is C22H25N3O3. The van der Waals surface area contributed by atoms with Crippen molar-refractivity contribution >= 4 is 17.9 Å². The molecule has 3 atom stereocenters. The Kier molecular flexibility index (Phi) is 6.92. The lowest BCUT2D eigenvalue weighted by Gasteiger charge is -2.32. The second-order valence-electron chi connectivity index (χ2n) is 7.02. The van der Waals surface area contributed by atoms with Gasteiger partial charge in [0.1, 0.15) is 0 Å². The second-order valence-corrected chi connectivity index (χ2v) is 7.02. The number of nitrogens with one attached hydrogen (secondary N) is 2. The van der Waals surface area contributed by atoms with E-state index >= 15 is 0 Å². The molecule has 0 spiro atoms. The highest BCUT2D eigenvalue weighted by molar-refractivity contribution is 5.92. The zero-order valence-corrected chi connectivity index (χ0v) is 15.6. The molecule has 0 unspecified atom stereocenters. The summed E-state index contributed by atoms with van der Waals surface area (Å²) in [6.07, 6.45) is 7.45. The number of nitrogens with zero attached hydrogens (tertiary/aromatic N) is 1. The molecule has 0 bridgehead atoms. The van der Waals surface area contributed by atoms with E-state index in [2.05, 4.69) is 15.6 Å². The van der Waals surface area contributed by atoms with Crippen LogP contribution in [0.25, 0.3) is 6.08 Å². The first-order valence-corrected chi connectivity index (χ1v) is 9.50. The van der Waals surface area contributed by atoms with E-state index in [4.69, 9.17) is 0 Å². The summed E-state index contributed by atoms with van der Waals surface area (Å²) in [6, 6.07) is 12.8. The van der Waals surface area contributed by atoms with E-state index in [1.807, 2.05) is 42.5 Å². The Morgan fingerprint density at radius 1 is 1.14 bits per heavy atom. The summed E-state index contributed by atoms with van der Waals surface area (Å²) in [5, 5.41) is 16.0. The van der Waals surface area contributed by atoms with Gasteiger partial charge in [0.2, 0.25) is 11.8 Å². The molecule has 1 aliphatic carbocycles. The SMILES string of the molecule is O=C(/C=C/c1ccccc1)N[C@H]1C[C@H](C(=O)NCc2cccnc2)CC[C@@H]1O. The van der Waals surface area contributed by atoms with Crippen molar-refractivity contribution < 1.29 is 14.7 Å². The first-order chi connectivity index (χ1) is 13.6. The lowest BCUT2D eigenvalue weighted by atomic mass is 9.83. The average molecular weight is 379 g/mol. The summed E-state index contributed by atoms with van der Waals surface area (Å²) in [6.45, 7) is 0.419. The van der Waals surface area contributed by atoms with Crippen molar-refractivity contribution in [1.29, 1.82) is 0 Å². The molecule has 6 nitrogen and oxygen atoms in total. The van der Waals surface area contributed by atoms with Crippen LogP contribution in [-0.2, 0) is 16.1 Å². The van der Waals surface area contributed by atoms with Gasteiger partial charge in [-0.3, -0.25) is 14.6 Å². The monoisotopic (exact) mass is 379 g/mol. The van der Waals surface area contributed by atoms with Gasteiger partial charge in [0, 0.05) is 30.9 Å². The average Bonchev–Trinajstić information content (AvgIpc) is 2.73. The number of hydrogen-bond acceptors (Lipinski definition) is 4. The number of carbonyl (C=O) groups is 2. The van der Waals surface area contributed by atoms with Crippen molar-refractivity contribution in [2.45, 2.75) is 38.0 Å². The van der Waals surface area contributed by atoms with Crippen LogP contribution in [0.2, 0.25) is 0 Å². The predicted molar refractivity (Wildman–Crippen MR) is 107 cm³/mol. The van der Waals surface area contributed by atoms with E-state index in [9.17, 15) is 14.7 Å². The molecule has 1 fully saturated rings. The van der Waals surface area contributed by atoms with Gasteiger partial charge < -0.3 is 15.7 Å². The van der Waals surface area contributed by atoms with Crippen LogP contribution < -0.4 is 10.6 Å². The van der Waals surface area contributed by atoms with Gasteiger partial charge in [-0.1, -0.05) is 36.4 Å². The minimum atomic E-state index is -0.642. The minimum absolute atomic E-state index is 0.0603. The highest BCUT2D eigenvalue weighted by atomic mass is 16.3. The highest BCUT2D eigenvalue weighted by Crippen LogP contribution is 2.25. The molecule has 2 aromatic rings. The third kappa shape index (κ3) is 5.76. The van der Waals surface area contributed by atoms with Crippen LogP contribution in [0.5, 0.6) is 0 Å². The summed E-state index contributed by atoms with van der Waals surface area (Å²) in [4.78, 5) is 28.7. The zero-order valence-electron chi connectivity index (χ0n) is 15.6. The molecule has 1 saturated carbocycles. The molecule has 1 aromatic heterocycles. The maximum atomic E-state index is 12.5. The fourth-order valence-corrected chi connectivity index (χ4v) is 3.35. The number of carbonyl (C=O) groups excluding carboxylic acids is 2. The van der Waals surface area contributed by atoms with Crippen LogP contribution in [0.15, 0.2) is 60.9 Å². The number of aliphatic hydroxyl groups is 1. The zero-order chi connectivity index (χ0) is 19.8. The molecule has 3 N–H and O–H groups in total. The van der Waals surface area contributed by atoms with Crippen molar-refractivity contribution in [1.82, 2.24) is 15.6 Å². The normalized spacial score (nSPS) is 22.0. The Hall–Kier alpha value is -2.99. The lowest BCUT2D eigenvalue weighted by Crippen LogP contribution is -2.49. The molecule has 146 valence electrons. The maximum absolute atomic E-state index is 12.5.